The van der Waals surface area contributed by atoms with Crippen molar-refractivity contribution < 1.29 is 9.53 Å². The molecule has 0 aromatic carbocycles. The van der Waals surface area contributed by atoms with Crippen molar-refractivity contribution in [3.8, 4) is 0 Å². The normalized spacial score (nSPS) is 11.3. The van der Waals surface area contributed by atoms with Gasteiger partial charge in [-0.15, -0.1) is 0 Å². The molecule has 0 aromatic rings. The molecular formula is C7H13NO2. The molecular weight excluding hydrogens is 130 g/mol. The molecule has 0 rings (SSSR count). The molecule has 0 amide bonds. The van der Waals surface area contributed by atoms with Gasteiger partial charge in [-0.05, 0) is 13.8 Å². The van der Waals surface area contributed by atoms with E-state index < -0.39 is 0 Å². The minimum absolute atomic E-state index is 0.227. The first-order chi connectivity index (χ1) is 4.70. The molecule has 0 aliphatic carbocycles. The lowest BCUT2D eigenvalue weighted by molar-refractivity contribution is -0.139. The number of ether oxygens (including phenoxy) is 1. The fraction of sp³-hybridized carbons (Fsp3) is 0.714. The monoisotopic (exact) mass is 143 g/mol. The summed E-state index contributed by atoms with van der Waals surface area (Å²) in [7, 11) is 1.38. The molecule has 58 valence electrons. The Bertz CT molecular complexity index is 141. The molecule has 0 unspecified atom stereocenters. The topological polar surface area (TPSA) is 38.7 Å². The molecule has 0 saturated carbocycles. The molecule has 3 nitrogen and oxygen atoms in total. The number of nitrogens with zero attached hydrogens (tertiary/aromatic N) is 1. The van der Waals surface area contributed by atoms with E-state index in [9.17, 15) is 4.79 Å². The highest BCUT2D eigenvalue weighted by Gasteiger charge is 2.00. The van der Waals surface area contributed by atoms with Gasteiger partial charge in [-0.25, -0.2) is 0 Å². The van der Waals surface area contributed by atoms with Crippen molar-refractivity contribution >= 4 is 11.7 Å². The summed E-state index contributed by atoms with van der Waals surface area (Å²) in [5.74, 6) is -0.227. The fourth-order valence-electron chi connectivity index (χ4n) is 0.607. The van der Waals surface area contributed by atoms with E-state index in [1.807, 2.05) is 13.8 Å². The third-order valence-electron chi connectivity index (χ3n) is 1.06. The van der Waals surface area contributed by atoms with Crippen LogP contribution in [0.4, 0.5) is 0 Å². The molecule has 0 fully saturated rings. The van der Waals surface area contributed by atoms with E-state index in [2.05, 4.69) is 9.73 Å². The van der Waals surface area contributed by atoms with Crippen LogP contribution in [0.25, 0.3) is 0 Å². The lowest BCUT2D eigenvalue weighted by atomic mass is 10.3. The van der Waals surface area contributed by atoms with Gasteiger partial charge in [0.25, 0.3) is 0 Å². The Balaban J connectivity index is 3.67. The van der Waals surface area contributed by atoms with Crippen molar-refractivity contribution in [3.63, 3.8) is 0 Å². The summed E-state index contributed by atoms with van der Waals surface area (Å²) in [5.41, 5.74) is 0.828. The first-order valence-corrected chi connectivity index (χ1v) is 3.27. The summed E-state index contributed by atoms with van der Waals surface area (Å²) in [6, 6.07) is 0. The van der Waals surface area contributed by atoms with Crippen LogP contribution in [0.15, 0.2) is 4.99 Å². The number of hydrogen-bond donors (Lipinski definition) is 0. The Kier molecular flexibility index (Phi) is 4.54. The largest absolute Gasteiger partial charge is 0.469 e. The van der Waals surface area contributed by atoms with E-state index in [1.54, 1.807) is 0 Å². The zero-order valence-electron chi connectivity index (χ0n) is 6.68. The van der Waals surface area contributed by atoms with E-state index in [4.69, 9.17) is 0 Å². The van der Waals surface area contributed by atoms with Crippen molar-refractivity contribution in [1.82, 2.24) is 0 Å². The molecule has 0 heterocycles. The third kappa shape index (κ3) is 4.06. The summed E-state index contributed by atoms with van der Waals surface area (Å²) in [5, 5.41) is 0. The quantitative estimate of drug-likeness (QED) is 0.437. The summed E-state index contributed by atoms with van der Waals surface area (Å²) < 4.78 is 4.45. The summed E-state index contributed by atoms with van der Waals surface area (Å²) in [6.45, 7) is 4.48. The van der Waals surface area contributed by atoms with Crippen LogP contribution in [0.2, 0.25) is 0 Å². The van der Waals surface area contributed by atoms with Crippen LogP contribution >= 0.6 is 0 Å². The Hall–Kier alpha value is -0.860. The fourth-order valence-corrected chi connectivity index (χ4v) is 0.607. The summed E-state index contributed by atoms with van der Waals surface area (Å²) >= 11 is 0. The number of rotatable bonds is 3. The number of aliphatic imine (C=N–C) groups is 1. The first kappa shape index (κ1) is 9.14. The van der Waals surface area contributed by atoms with Gasteiger partial charge >= 0.3 is 5.97 Å². The maximum atomic E-state index is 10.6. The Morgan fingerprint density at radius 3 is 2.60 bits per heavy atom. The second-order valence-electron chi connectivity index (χ2n) is 1.96. The highest BCUT2D eigenvalue weighted by molar-refractivity contribution is 5.97. The van der Waals surface area contributed by atoms with Crippen LogP contribution in [0.3, 0.4) is 0 Å². The SMILES string of the molecule is CCN=C(C)CC(=O)OC. The van der Waals surface area contributed by atoms with Crippen molar-refractivity contribution in [2.45, 2.75) is 20.3 Å². The smallest absolute Gasteiger partial charge is 0.311 e. The minimum Gasteiger partial charge on any atom is -0.469 e. The predicted molar refractivity (Wildman–Crippen MR) is 40.3 cm³/mol. The maximum Gasteiger partial charge on any atom is 0.311 e. The molecule has 0 aliphatic heterocycles. The molecule has 0 aliphatic rings. The Labute approximate surface area is 61.1 Å². The molecule has 0 atom stereocenters. The van der Waals surface area contributed by atoms with Gasteiger partial charge in [0.15, 0.2) is 0 Å². The van der Waals surface area contributed by atoms with Gasteiger partial charge in [-0.3, -0.25) is 9.79 Å². The molecule has 0 spiro atoms. The van der Waals surface area contributed by atoms with E-state index >= 15 is 0 Å². The van der Waals surface area contributed by atoms with Gasteiger partial charge in [-0.2, -0.15) is 0 Å². The molecule has 0 N–H and O–H groups in total. The van der Waals surface area contributed by atoms with Gasteiger partial charge < -0.3 is 4.74 Å². The van der Waals surface area contributed by atoms with Gasteiger partial charge in [0.2, 0.25) is 0 Å². The average Bonchev–Trinajstić information content (AvgIpc) is 1.88. The Morgan fingerprint density at radius 2 is 2.20 bits per heavy atom. The zero-order valence-corrected chi connectivity index (χ0v) is 6.68. The lowest BCUT2D eigenvalue weighted by Gasteiger charge is -1.96. The third-order valence-corrected chi connectivity index (χ3v) is 1.06. The number of carbonyl (C=O) groups is 1. The average molecular weight is 143 g/mol. The van der Waals surface area contributed by atoms with Crippen LogP contribution in [0.5, 0.6) is 0 Å². The van der Waals surface area contributed by atoms with Crippen molar-refractivity contribution in [2.24, 2.45) is 4.99 Å². The number of esters is 1. The zero-order chi connectivity index (χ0) is 7.98. The minimum atomic E-state index is -0.227. The highest BCUT2D eigenvalue weighted by atomic mass is 16.5. The molecule has 0 saturated heterocycles. The standard InChI is InChI=1S/C7H13NO2/c1-4-8-6(2)5-7(9)10-3/h4-5H2,1-3H3. The highest BCUT2D eigenvalue weighted by Crippen LogP contribution is 1.88. The van der Waals surface area contributed by atoms with Gasteiger partial charge in [-0.1, -0.05) is 0 Å². The van der Waals surface area contributed by atoms with Crippen LogP contribution < -0.4 is 0 Å². The Morgan fingerprint density at radius 1 is 1.60 bits per heavy atom. The van der Waals surface area contributed by atoms with Gasteiger partial charge in [0.05, 0.1) is 13.5 Å². The van der Waals surface area contributed by atoms with E-state index in [1.165, 1.54) is 7.11 Å². The van der Waals surface area contributed by atoms with Crippen LogP contribution in [-0.2, 0) is 9.53 Å². The van der Waals surface area contributed by atoms with Crippen molar-refractivity contribution in [2.75, 3.05) is 13.7 Å². The number of carbonyl (C=O) groups excluding carboxylic acids is 1. The van der Waals surface area contributed by atoms with E-state index in [0.29, 0.717) is 6.42 Å². The van der Waals surface area contributed by atoms with Crippen LogP contribution in [0, 0.1) is 0 Å². The molecule has 0 radical (unpaired) electrons. The van der Waals surface area contributed by atoms with Crippen LogP contribution in [0.1, 0.15) is 20.3 Å². The van der Waals surface area contributed by atoms with Crippen LogP contribution in [-0.4, -0.2) is 25.3 Å². The second kappa shape index (κ2) is 4.97. The first-order valence-electron chi connectivity index (χ1n) is 3.27. The predicted octanol–water partition coefficient (Wildman–Crippen LogP) is 1.03. The van der Waals surface area contributed by atoms with Gasteiger partial charge in [0.1, 0.15) is 0 Å². The molecule has 10 heavy (non-hydrogen) atoms. The van der Waals surface area contributed by atoms with E-state index in [0.717, 1.165) is 12.3 Å². The lowest BCUT2D eigenvalue weighted by Crippen LogP contribution is -2.06. The van der Waals surface area contributed by atoms with Gasteiger partial charge in [0, 0.05) is 12.3 Å². The molecule has 0 bridgehead atoms. The second-order valence-corrected chi connectivity index (χ2v) is 1.96. The number of methoxy groups -OCH3 is 1. The van der Waals surface area contributed by atoms with Crippen molar-refractivity contribution in [3.05, 3.63) is 0 Å². The summed E-state index contributed by atoms with van der Waals surface area (Å²) in [6.07, 6.45) is 0.310. The number of hydrogen-bond acceptors (Lipinski definition) is 3. The van der Waals surface area contributed by atoms with Crippen molar-refractivity contribution in [1.29, 1.82) is 0 Å². The maximum absolute atomic E-state index is 10.6. The molecule has 3 heteroatoms. The summed E-state index contributed by atoms with van der Waals surface area (Å²) in [4.78, 5) is 14.6. The molecule has 0 aromatic heterocycles. The van der Waals surface area contributed by atoms with E-state index in [-0.39, 0.29) is 5.97 Å².